The van der Waals surface area contributed by atoms with Crippen molar-refractivity contribution in [3.63, 3.8) is 0 Å². The molecule has 2 aliphatic rings. The Morgan fingerprint density at radius 2 is 2.12 bits per heavy atom. The van der Waals surface area contributed by atoms with Crippen LogP contribution < -0.4 is 5.73 Å². The third kappa shape index (κ3) is 2.47. The van der Waals surface area contributed by atoms with E-state index in [1.165, 1.54) is 6.42 Å². The molecule has 2 atom stereocenters. The molecule has 0 bridgehead atoms. The van der Waals surface area contributed by atoms with Crippen LogP contribution in [0.3, 0.4) is 0 Å². The monoisotopic (exact) mass is 277 g/mol. The Kier molecular flexibility index (Phi) is 3.72. The van der Waals surface area contributed by atoms with Gasteiger partial charge in [0.15, 0.2) is 0 Å². The summed E-state index contributed by atoms with van der Waals surface area (Å²) in [7, 11) is -3.36. The van der Waals surface area contributed by atoms with Crippen molar-refractivity contribution < 1.29 is 8.42 Å². The van der Waals surface area contributed by atoms with E-state index in [9.17, 15) is 8.42 Å². The number of piperazine rings is 1. The van der Waals surface area contributed by atoms with Gasteiger partial charge in [-0.25, -0.2) is 8.42 Å². The summed E-state index contributed by atoms with van der Waals surface area (Å²) in [5.41, 5.74) is 5.45. The van der Waals surface area contributed by atoms with E-state index in [4.69, 9.17) is 18.0 Å². The predicted octanol–water partition coefficient (Wildman–Crippen LogP) is -0.229. The third-order valence-electron chi connectivity index (χ3n) is 3.76. The van der Waals surface area contributed by atoms with Gasteiger partial charge in [0, 0.05) is 25.7 Å². The van der Waals surface area contributed by atoms with Gasteiger partial charge in [-0.3, -0.25) is 4.90 Å². The Bertz CT molecular complexity index is 410. The summed E-state index contributed by atoms with van der Waals surface area (Å²) in [6.07, 6.45) is 2.26. The highest BCUT2D eigenvalue weighted by Crippen LogP contribution is 2.24. The van der Waals surface area contributed by atoms with Crippen molar-refractivity contribution in [1.82, 2.24) is 9.21 Å². The normalized spacial score (nSPS) is 28.9. The molecule has 0 aromatic carbocycles. The molecule has 98 valence electrons. The largest absolute Gasteiger partial charge is 0.392 e. The zero-order chi connectivity index (χ0) is 12.6. The second-order valence-electron chi connectivity index (χ2n) is 4.78. The lowest BCUT2D eigenvalue weighted by atomic mass is 10.2. The maximum absolute atomic E-state index is 12.3. The Hall–Kier alpha value is -0.240. The Morgan fingerprint density at radius 3 is 2.76 bits per heavy atom. The molecule has 2 N–H and O–H groups in total. The number of nitrogens with zero attached hydrogens (tertiary/aromatic N) is 2. The van der Waals surface area contributed by atoms with Gasteiger partial charge in [-0.2, -0.15) is 4.31 Å². The highest BCUT2D eigenvalue weighted by Gasteiger charge is 2.38. The molecule has 0 saturated carbocycles. The fourth-order valence-electron chi connectivity index (χ4n) is 2.56. The van der Waals surface area contributed by atoms with E-state index in [0.717, 1.165) is 19.5 Å². The second-order valence-corrected chi connectivity index (χ2v) is 7.50. The van der Waals surface area contributed by atoms with Crippen LogP contribution >= 0.6 is 12.2 Å². The summed E-state index contributed by atoms with van der Waals surface area (Å²) in [5.74, 6) is 0. The number of sulfonamides is 1. The lowest BCUT2D eigenvalue weighted by Gasteiger charge is -2.37. The number of fused-ring (bicyclic) bond motifs is 1. The van der Waals surface area contributed by atoms with E-state index in [1.807, 2.05) is 0 Å². The average Bonchev–Trinajstić information content (AvgIpc) is 2.74. The maximum atomic E-state index is 12.3. The van der Waals surface area contributed by atoms with Crippen LogP contribution in [0.4, 0.5) is 0 Å². The predicted molar refractivity (Wildman–Crippen MR) is 71.3 cm³/mol. The smallest absolute Gasteiger partial charge is 0.223 e. The number of hydrogen-bond donors (Lipinski definition) is 1. The number of hydrogen-bond acceptors (Lipinski definition) is 4. The van der Waals surface area contributed by atoms with E-state index in [2.05, 4.69) is 4.90 Å². The zero-order valence-corrected chi connectivity index (χ0v) is 11.6. The lowest BCUT2D eigenvalue weighted by molar-refractivity contribution is 0.158. The van der Waals surface area contributed by atoms with Gasteiger partial charge in [0.2, 0.25) is 10.0 Å². The van der Waals surface area contributed by atoms with Gasteiger partial charge in [0.05, 0.1) is 4.99 Å². The summed E-state index contributed by atoms with van der Waals surface area (Å²) < 4.78 is 26.1. The molecule has 2 unspecified atom stereocenters. The maximum Gasteiger partial charge on any atom is 0.223 e. The summed E-state index contributed by atoms with van der Waals surface area (Å²) in [6, 6.07) is 0.386. The molecule has 0 aromatic heterocycles. The van der Waals surface area contributed by atoms with Crippen molar-refractivity contribution in [1.29, 1.82) is 0 Å². The molecular formula is C10H19N3O2S2. The van der Waals surface area contributed by atoms with E-state index in [0.29, 0.717) is 19.1 Å². The topological polar surface area (TPSA) is 66.6 Å². The van der Waals surface area contributed by atoms with Crippen molar-refractivity contribution in [2.24, 2.45) is 5.73 Å². The molecule has 5 nitrogen and oxygen atoms in total. The first-order valence-corrected chi connectivity index (χ1v) is 7.86. The first-order valence-electron chi connectivity index (χ1n) is 5.95. The molecule has 0 aliphatic carbocycles. The van der Waals surface area contributed by atoms with E-state index >= 15 is 0 Å². The van der Waals surface area contributed by atoms with Gasteiger partial charge in [0.1, 0.15) is 5.25 Å². The molecule has 2 saturated heterocycles. The first-order chi connectivity index (χ1) is 7.93. The van der Waals surface area contributed by atoms with Gasteiger partial charge < -0.3 is 5.73 Å². The Balaban J connectivity index is 2.10. The van der Waals surface area contributed by atoms with Gasteiger partial charge in [-0.1, -0.05) is 12.2 Å². The van der Waals surface area contributed by atoms with Crippen molar-refractivity contribution in [3.05, 3.63) is 0 Å². The number of thiocarbonyl (C=S) groups is 1. The summed E-state index contributed by atoms with van der Waals surface area (Å²) in [5, 5.41) is -0.759. The van der Waals surface area contributed by atoms with Crippen molar-refractivity contribution in [3.8, 4) is 0 Å². The SMILES string of the molecule is CC(C(N)=S)S(=O)(=O)N1CCN2CCCC2C1. The standard InChI is InChI=1S/C10H19N3O2S2/c1-8(10(11)16)17(14,15)13-6-5-12-4-2-3-9(12)7-13/h8-9H,2-7H2,1H3,(H2,11,16). The van der Waals surface area contributed by atoms with E-state index < -0.39 is 15.3 Å². The molecule has 17 heavy (non-hydrogen) atoms. The van der Waals surface area contributed by atoms with Crippen LogP contribution in [0.1, 0.15) is 19.8 Å². The average molecular weight is 277 g/mol. The molecule has 0 amide bonds. The fourth-order valence-corrected chi connectivity index (χ4v) is 4.39. The molecule has 2 rings (SSSR count). The minimum absolute atomic E-state index is 0.0545. The summed E-state index contributed by atoms with van der Waals surface area (Å²) >= 11 is 4.79. The van der Waals surface area contributed by atoms with E-state index in [1.54, 1.807) is 11.2 Å². The minimum atomic E-state index is -3.36. The highest BCUT2D eigenvalue weighted by molar-refractivity contribution is 7.92. The van der Waals surface area contributed by atoms with Crippen molar-refractivity contribution in [2.45, 2.75) is 31.1 Å². The summed E-state index contributed by atoms with van der Waals surface area (Å²) in [4.78, 5) is 2.43. The zero-order valence-electron chi connectivity index (χ0n) is 10.0. The van der Waals surface area contributed by atoms with Crippen LogP contribution in [0.25, 0.3) is 0 Å². The van der Waals surface area contributed by atoms with Crippen LogP contribution in [0.2, 0.25) is 0 Å². The van der Waals surface area contributed by atoms with Crippen LogP contribution in [-0.2, 0) is 10.0 Å². The van der Waals surface area contributed by atoms with Crippen LogP contribution in [0.5, 0.6) is 0 Å². The minimum Gasteiger partial charge on any atom is -0.392 e. The number of nitrogens with two attached hydrogens (primary N) is 1. The molecule has 7 heteroatoms. The van der Waals surface area contributed by atoms with Gasteiger partial charge in [-0.15, -0.1) is 0 Å². The quantitative estimate of drug-likeness (QED) is 0.722. The molecule has 0 radical (unpaired) electrons. The lowest BCUT2D eigenvalue weighted by Crippen LogP contribution is -2.54. The fraction of sp³-hybridized carbons (Fsp3) is 0.900. The molecule has 0 aromatic rings. The third-order valence-corrected chi connectivity index (χ3v) is 6.46. The molecular weight excluding hydrogens is 258 g/mol. The summed E-state index contributed by atoms with van der Waals surface area (Å²) in [6.45, 7) is 4.65. The molecule has 0 spiro atoms. The Labute approximate surface area is 108 Å². The molecule has 2 aliphatic heterocycles. The first kappa shape index (κ1) is 13.2. The van der Waals surface area contributed by atoms with Gasteiger partial charge in [0.25, 0.3) is 0 Å². The van der Waals surface area contributed by atoms with Crippen LogP contribution in [-0.4, -0.2) is 60.1 Å². The Morgan fingerprint density at radius 1 is 1.41 bits per heavy atom. The highest BCUT2D eigenvalue weighted by atomic mass is 32.2. The number of rotatable bonds is 3. The molecule has 2 fully saturated rings. The van der Waals surface area contributed by atoms with E-state index in [-0.39, 0.29) is 4.99 Å². The van der Waals surface area contributed by atoms with Crippen LogP contribution in [0, 0.1) is 0 Å². The second kappa shape index (κ2) is 4.79. The van der Waals surface area contributed by atoms with Crippen molar-refractivity contribution in [2.75, 3.05) is 26.2 Å². The molecule has 2 heterocycles. The van der Waals surface area contributed by atoms with Crippen LogP contribution in [0.15, 0.2) is 0 Å². The van der Waals surface area contributed by atoms with Crippen molar-refractivity contribution >= 4 is 27.2 Å². The van der Waals surface area contributed by atoms with Gasteiger partial charge in [-0.05, 0) is 26.3 Å². The van der Waals surface area contributed by atoms with Gasteiger partial charge >= 0.3 is 0 Å².